The zero-order valence-corrected chi connectivity index (χ0v) is 20.0. The predicted molar refractivity (Wildman–Crippen MR) is 133 cm³/mol. The van der Waals surface area contributed by atoms with Gasteiger partial charge in [-0.3, -0.25) is 4.79 Å². The molecule has 1 atom stereocenters. The maximum atomic E-state index is 13.4. The smallest absolute Gasteiger partial charge is 0.337 e. The lowest BCUT2D eigenvalue weighted by Gasteiger charge is -2.37. The number of benzene rings is 2. The third kappa shape index (κ3) is 4.47. The fraction of sp³-hybridized carbons (Fsp3) is 0.407. The number of nitrogens with zero attached hydrogens (tertiary/aromatic N) is 1. The van der Waals surface area contributed by atoms with E-state index in [0.29, 0.717) is 33.5 Å². The number of carboxylic acids is 1. The zero-order chi connectivity index (χ0) is 23.9. The van der Waals surface area contributed by atoms with Crippen molar-refractivity contribution < 1.29 is 14.3 Å². The monoisotopic (exact) mass is 448 g/mol. The summed E-state index contributed by atoms with van der Waals surface area (Å²) in [4.78, 5) is 27.2. The maximum Gasteiger partial charge on any atom is 0.337 e. The van der Waals surface area contributed by atoms with Gasteiger partial charge in [0.1, 0.15) is 5.58 Å². The largest absolute Gasteiger partial charge is 0.478 e. The Bertz CT molecular complexity index is 1270. The van der Waals surface area contributed by atoms with Gasteiger partial charge in [0.2, 0.25) is 5.88 Å². The SMILES string of the molecule is Cc1cc([C@H](C)Nc2ccccc2C(=O)O)c2oc(N3CCC(C)(C)CC3)c(C)c(=O)c2c1. The molecule has 1 fully saturated rings. The number of fused-ring (bicyclic) bond motifs is 1. The Balaban J connectivity index is 1.80. The highest BCUT2D eigenvalue weighted by Crippen LogP contribution is 2.36. The molecule has 0 aliphatic carbocycles. The summed E-state index contributed by atoms with van der Waals surface area (Å²) in [5.74, 6) is -0.344. The Labute approximate surface area is 194 Å². The molecule has 3 aromatic rings. The average Bonchev–Trinajstić information content (AvgIpc) is 2.76. The predicted octanol–water partition coefficient (Wildman–Crippen LogP) is 5.91. The lowest BCUT2D eigenvalue weighted by atomic mass is 9.82. The van der Waals surface area contributed by atoms with Crippen LogP contribution in [0.1, 0.15) is 66.7 Å². The average molecular weight is 449 g/mol. The summed E-state index contributed by atoms with van der Waals surface area (Å²) in [6.45, 7) is 12.0. The quantitative estimate of drug-likeness (QED) is 0.505. The van der Waals surface area contributed by atoms with E-state index in [4.69, 9.17) is 4.42 Å². The summed E-state index contributed by atoms with van der Waals surface area (Å²) in [6, 6.07) is 10.4. The molecule has 0 saturated carbocycles. The summed E-state index contributed by atoms with van der Waals surface area (Å²) in [5, 5.41) is 13.4. The molecule has 1 aromatic heterocycles. The van der Waals surface area contributed by atoms with E-state index in [1.54, 1.807) is 24.3 Å². The number of nitrogens with one attached hydrogen (secondary N) is 1. The van der Waals surface area contributed by atoms with Gasteiger partial charge in [-0.05, 0) is 62.8 Å². The van der Waals surface area contributed by atoms with Crippen LogP contribution in [0.4, 0.5) is 11.6 Å². The molecule has 6 heteroatoms. The van der Waals surface area contributed by atoms with Crippen LogP contribution in [-0.2, 0) is 0 Å². The number of para-hydroxylation sites is 1. The number of carbonyl (C=O) groups is 1. The van der Waals surface area contributed by atoms with Crippen molar-refractivity contribution in [3.63, 3.8) is 0 Å². The van der Waals surface area contributed by atoms with E-state index in [2.05, 4.69) is 24.1 Å². The highest BCUT2D eigenvalue weighted by Gasteiger charge is 2.29. The second-order valence-electron chi connectivity index (χ2n) is 9.96. The van der Waals surface area contributed by atoms with Crippen LogP contribution < -0.4 is 15.6 Å². The second kappa shape index (κ2) is 8.58. The molecule has 0 spiro atoms. The van der Waals surface area contributed by atoms with Crippen molar-refractivity contribution in [3.05, 3.63) is 68.9 Å². The Morgan fingerprint density at radius 1 is 1.15 bits per heavy atom. The van der Waals surface area contributed by atoms with Gasteiger partial charge in [-0.2, -0.15) is 0 Å². The van der Waals surface area contributed by atoms with E-state index in [-0.39, 0.29) is 17.0 Å². The minimum atomic E-state index is -0.989. The van der Waals surface area contributed by atoms with Crippen molar-refractivity contribution >= 4 is 28.5 Å². The first-order valence-corrected chi connectivity index (χ1v) is 11.5. The third-order valence-electron chi connectivity index (χ3n) is 6.77. The standard InChI is InChI=1S/C27H32N2O4/c1-16-14-20(18(3)28-22-9-7-6-8-19(22)26(31)32)24-21(15-16)23(30)17(2)25(33-24)29-12-10-27(4,5)11-13-29/h6-9,14-15,18,28H,10-13H2,1-5H3,(H,31,32)/t18-/m0/s1. The number of aryl methyl sites for hydroxylation is 1. The number of anilines is 2. The molecular formula is C27H32N2O4. The summed E-state index contributed by atoms with van der Waals surface area (Å²) in [7, 11) is 0. The maximum absolute atomic E-state index is 13.4. The summed E-state index contributed by atoms with van der Waals surface area (Å²) in [6.07, 6.45) is 2.08. The van der Waals surface area contributed by atoms with Gasteiger partial charge in [-0.1, -0.05) is 32.0 Å². The first-order chi connectivity index (χ1) is 15.6. The van der Waals surface area contributed by atoms with E-state index < -0.39 is 5.97 Å². The lowest BCUT2D eigenvalue weighted by Crippen LogP contribution is -2.38. The van der Waals surface area contributed by atoms with Gasteiger partial charge in [0, 0.05) is 24.3 Å². The summed E-state index contributed by atoms with van der Waals surface area (Å²) < 4.78 is 6.47. The molecular weight excluding hydrogens is 416 g/mol. The lowest BCUT2D eigenvalue weighted by molar-refractivity contribution is 0.0698. The highest BCUT2D eigenvalue weighted by atomic mass is 16.4. The molecule has 33 heavy (non-hydrogen) atoms. The van der Waals surface area contributed by atoms with Crippen LogP contribution in [0.25, 0.3) is 11.0 Å². The van der Waals surface area contributed by atoms with Crippen molar-refractivity contribution in [1.29, 1.82) is 0 Å². The molecule has 1 aliphatic heterocycles. The molecule has 1 saturated heterocycles. The number of aromatic carboxylic acids is 1. The molecule has 4 rings (SSSR count). The molecule has 2 heterocycles. The Kier molecular flexibility index (Phi) is 5.95. The number of rotatable bonds is 5. The molecule has 0 bridgehead atoms. The van der Waals surface area contributed by atoms with Crippen molar-refractivity contribution in [1.82, 2.24) is 0 Å². The number of hydrogen-bond acceptors (Lipinski definition) is 5. The molecule has 2 N–H and O–H groups in total. The van der Waals surface area contributed by atoms with Crippen LogP contribution >= 0.6 is 0 Å². The third-order valence-corrected chi connectivity index (χ3v) is 6.77. The van der Waals surface area contributed by atoms with Gasteiger partial charge < -0.3 is 19.7 Å². The van der Waals surface area contributed by atoms with Gasteiger partial charge in [-0.25, -0.2) is 4.79 Å². The molecule has 0 unspecified atom stereocenters. The zero-order valence-electron chi connectivity index (χ0n) is 20.0. The van der Waals surface area contributed by atoms with Crippen molar-refractivity contribution in [2.75, 3.05) is 23.3 Å². The van der Waals surface area contributed by atoms with Crippen LogP contribution in [0.3, 0.4) is 0 Å². The van der Waals surface area contributed by atoms with Crippen molar-refractivity contribution in [3.8, 4) is 0 Å². The van der Waals surface area contributed by atoms with Crippen LogP contribution in [0.5, 0.6) is 0 Å². The number of piperidine rings is 1. The van der Waals surface area contributed by atoms with Gasteiger partial charge in [0.05, 0.1) is 22.6 Å². The first kappa shape index (κ1) is 22.9. The summed E-state index contributed by atoms with van der Waals surface area (Å²) >= 11 is 0. The van der Waals surface area contributed by atoms with Crippen molar-refractivity contribution in [2.45, 2.75) is 53.5 Å². The molecule has 174 valence electrons. The molecule has 6 nitrogen and oxygen atoms in total. The Morgan fingerprint density at radius 2 is 1.82 bits per heavy atom. The van der Waals surface area contributed by atoms with Crippen LogP contribution in [0.2, 0.25) is 0 Å². The fourth-order valence-corrected chi connectivity index (χ4v) is 4.60. The van der Waals surface area contributed by atoms with Crippen LogP contribution in [0, 0.1) is 19.3 Å². The minimum absolute atomic E-state index is 0.0147. The molecule has 0 amide bonds. The van der Waals surface area contributed by atoms with Crippen LogP contribution in [-0.4, -0.2) is 24.2 Å². The normalized spacial score (nSPS) is 16.6. The number of hydrogen-bond donors (Lipinski definition) is 2. The van der Waals surface area contributed by atoms with Gasteiger partial charge in [-0.15, -0.1) is 0 Å². The molecule has 0 radical (unpaired) electrons. The van der Waals surface area contributed by atoms with Gasteiger partial charge in [0.25, 0.3) is 0 Å². The van der Waals surface area contributed by atoms with E-state index in [1.165, 1.54) is 0 Å². The Hall–Kier alpha value is -3.28. The number of carboxylic acid groups (broad SMARTS) is 1. The van der Waals surface area contributed by atoms with E-state index in [0.717, 1.165) is 37.1 Å². The highest BCUT2D eigenvalue weighted by molar-refractivity contribution is 5.94. The minimum Gasteiger partial charge on any atom is -0.478 e. The van der Waals surface area contributed by atoms with E-state index in [9.17, 15) is 14.7 Å². The topological polar surface area (TPSA) is 82.8 Å². The second-order valence-corrected chi connectivity index (χ2v) is 9.96. The first-order valence-electron chi connectivity index (χ1n) is 11.5. The fourth-order valence-electron chi connectivity index (χ4n) is 4.60. The van der Waals surface area contributed by atoms with Gasteiger partial charge >= 0.3 is 5.97 Å². The van der Waals surface area contributed by atoms with Crippen molar-refractivity contribution in [2.24, 2.45) is 5.41 Å². The van der Waals surface area contributed by atoms with Crippen LogP contribution in [0.15, 0.2) is 45.6 Å². The van der Waals surface area contributed by atoms with E-state index >= 15 is 0 Å². The molecule has 2 aromatic carbocycles. The molecule has 1 aliphatic rings. The van der Waals surface area contributed by atoms with E-state index in [1.807, 2.05) is 32.9 Å². The van der Waals surface area contributed by atoms with Gasteiger partial charge in [0.15, 0.2) is 5.43 Å². The Morgan fingerprint density at radius 3 is 2.48 bits per heavy atom. The summed E-state index contributed by atoms with van der Waals surface area (Å²) in [5.41, 5.74) is 3.99.